The van der Waals surface area contributed by atoms with Crippen LogP contribution in [0, 0.1) is 0 Å². The molecule has 2 aliphatic rings. The largest absolute Gasteiger partial charge is 0.491 e. The van der Waals surface area contributed by atoms with Gasteiger partial charge in [0.25, 0.3) is 5.91 Å². The lowest BCUT2D eigenvalue weighted by atomic mass is 10.1. The van der Waals surface area contributed by atoms with E-state index in [1.165, 1.54) is 0 Å². The Labute approximate surface area is 189 Å². The third-order valence-electron chi connectivity index (χ3n) is 6.18. The van der Waals surface area contributed by atoms with Crippen molar-refractivity contribution in [2.45, 2.75) is 44.1 Å². The molecule has 1 fully saturated rings. The van der Waals surface area contributed by atoms with E-state index in [0.29, 0.717) is 56.9 Å². The van der Waals surface area contributed by atoms with Crippen LogP contribution in [-0.4, -0.2) is 66.5 Å². The zero-order valence-corrected chi connectivity index (χ0v) is 18.5. The van der Waals surface area contributed by atoms with Crippen LogP contribution in [-0.2, 0) is 16.1 Å². The van der Waals surface area contributed by atoms with Crippen molar-refractivity contribution in [2.24, 2.45) is 5.73 Å². The van der Waals surface area contributed by atoms with Gasteiger partial charge < -0.3 is 25.0 Å². The summed E-state index contributed by atoms with van der Waals surface area (Å²) in [6.07, 6.45) is 1.80. The lowest BCUT2D eigenvalue weighted by Gasteiger charge is -2.28. The highest BCUT2D eigenvalue weighted by Crippen LogP contribution is 2.25. The van der Waals surface area contributed by atoms with Crippen molar-refractivity contribution in [1.29, 1.82) is 0 Å². The average Bonchev–Trinajstić information content (AvgIpc) is 3.23. The van der Waals surface area contributed by atoms with Gasteiger partial charge in [0.15, 0.2) is 0 Å². The van der Waals surface area contributed by atoms with Crippen LogP contribution in [0.4, 0.5) is 0 Å². The number of amides is 2. The monoisotopic (exact) mass is 437 g/mol. The minimum atomic E-state index is -0.602. The Kier molecular flexibility index (Phi) is 7.07. The number of nitrogens with zero attached hydrogens (tertiary/aromatic N) is 2. The van der Waals surface area contributed by atoms with E-state index in [1.54, 1.807) is 24.1 Å². The molecule has 7 nitrogen and oxygen atoms in total. The quantitative estimate of drug-likeness (QED) is 0.797. The number of fused-ring (bicyclic) bond motifs is 3. The van der Waals surface area contributed by atoms with Gasteiger partial charge in [-0.3, -0.25) is 9.59 Å². The first-order valence-electron chi connectivity index (χ1n) is 11.2. The predicted octanol–water partition coefficient (Wildman–Crippen LogP) is 2.44. The summed E-state index contributed by atoms with van der Waals surface area (Å²) in [5.41, 5.74) is 7.95. The molecule has 0 spiro atoms. The number of hydrogen-bond acceptors (Lipinski definition) is 5. The van der Waals surface area contributed by atoms with E-state index in [1.807, 2.05) is 47.4 Å². The minimum absolute atomic E-state index is 0.0655. The van der Waals surface area contributed by atoms with Crippen molar-refractivity contribution in [3.8, 4) is 5.75 Å². The number of carbonyl (C=O) groups excluding carboxylic acids is 2. The molecule has 1 saturated heterocycles. The molecule has 3 atom stereocenters. The molecule has 0 radical (unpaired) electrons. The lowest BCUT2D eigenvalue weighted by molar-refractivity contribution is -0.134. The molecule has 7 heteroatoms. The molecule has 170 valence electrons. The van der Waals surface area contributed by atoms with Crippen molar-refractivity contribution < 1.29 is 19.1 Å². The summed E-state index contributed by atoms with van der Waals surface area (Å²) >= 11 is 0. The Hall–Kier alpha value is -2.90. The van der Waals surface area contributed by atoms with Gasteiger partial charge in [-0.15, -0.1) is 0 Å². The molecule has 32 heavy (non-hydrogen) atoms. The van der Waals surface area contributed by atoms with Gasteiger partial charge in [0.1, 0.15) is 12.4 Å². The van der Waals surface area contributed by atoms with E-state index in [2.05, 4.69) is 0 Å². The van der Waals surface area contributed by atoms with Gasteiger partial charge in [0.2, 0.25) is 5.91 Å². The molecule has 2 amide bonds. The third-order valence-corrected chi connectivity index (χ3v) is 6.18. The van der Waals surface area contributed by atoms with Crippen molar-refractivity contribution in [3.05, 3.63) is 65.7 Å². The summed E-state index contributed by atoms with van der Waals surface area (Å²) in [5.74, 6) is 0.472. The highest BCUT2D eigenvalue weighted by molar-refractivity contribution is 5.94. The Morgan fingerprint density at radius 2 is 1.94 bits per heavy atom. The summed E-state index contributed by atoms with van der Waals surface area (Å²) in [5, 5.41) is 0. The van der Waals surface area contributed by atoms with E-state index in [-0.39, 0.29) is 24.0 Å². The summed E-state index contributed by atoms with van der Waals surface area (Å²) in [6, 6.07) is 16.5. The van der Waals surface area contributed by atoms with Gasteiger partial charge in [0, 0.05) is 25.7 Å². The van der Waals surface area contributed by atoms with E-state index in [4.69, 9.17) is 15.2 Å². The number of ether oxygens (including phenoxy) is 2. The molecule has 0 aliphatic carbocycles. The molecular formula is C25H31N3O4. The van der Waals surface area contributed by atoms with E-state index < -0.39 is 6.04 Å². The van der Waals surface area contributed by atoms with Crippen molar-refractivity contribution >= 4 is 11.8 Å². The van der Waals surface area contributed by atoms with Gasteiger partial charge in [-0.2, -0.15) is 0 Å². The molecule has 0 aromatic heterocycles. The number of carbonyl (C=O) groups is 2. The first kappa shape index (κ1) is 22.3. The van der Waals surface area contributed by atoms with Crippen molar-refractivity contribution in [3.63, 3.8) is 0 Å². The fraction of sp³-hybridized carbons (Fsp3) is 0.440. The molecule has 2 aromatic carbocycles. The molecule has 2 bridgehead atoms. The minimum Gasteiger partial charge on any atom is -0.491 e. The summed E-state index contributed by atoms with van der Waals surface area (Å²) in [4.78, 5) is 29.3. The molecule has 0 unspecified atom stereocenters. The zero-order valence-electron chi connectivity index (χ0n) is 18.5. The third kappa shape index (κ3) is 5.29. The maximum Gasteiger partial charge on any atom is 0.253 e. The molecule has 0 saturated carbocycles. The Balaban J connectivity index is 1.49. The van der Waals surface area contributed by atoms with Crippen LogP contribution in [0.5, 0.6) is 5.75 Å². The summed E-state index contributed by atoms with van der Waals surface area (Å²) < 4.78 is 12.2. The van der Waals surface area contributed by atoms with Crippen LogP contribution < -0.4 is 10.5 Å². The maximum absolute atomic E-state index is 13.1. The SMILES string of the molecule is CN1CCC[C@H](N)C(=O)N2C[C@@H](OCc3ccccc3)C[C@H]2COc2cccc(c2)C1=O. The van der Waals surface area contributed by atoms with E-state index >= 15 is 0 Å². The molecule has 2 heterocycles. The predicted molar refractivity (Wildman–Crippen MR) is 121 cm³/mol. The second kappa shape index (κ2) is 10.1. The Morgan fingerprint density at radius 1 is 1.12 bits per heavy atom. The molecular weight excluding hydrogens is 406 g/mol. The van der Waals surface area contributed by atoms with Crippen LogP contribution in [0.2, 0.25) is 0 Å². The first-order valence-corrected chi connectivity index (χ1v) is 11.2. The molecule has 2 aliphatic heterocycles. The molecule has 2 N–H and O–H groups in total. The standard InChI is InChI=1S/C25H31N3O4/c1-27-12-6-11-23(26)25(30)28-15-22(31-16-18-7-3-2-4-8-18)14-20(28)17-32-21-10-5-9-19(13-21)24(27)29/h2-5,7-10,13,20,22-23H,6,11-12,14-17,26H2,1H3/t20-,22-,23-/m0/s1. The number of benzene rings is 2. The van der Waals surface area contributed by atoms with Gasteiger partial charge in [0.05, 0.1) is 24.8 Å². The highest BCUT2D eigenvalue weighted by Gasteiger charge is 2.38. The Morgan fingerprint density at radius 3 is 2.75 bits per heavy atom. The summed E-state index contributed by atoms with van der Waals surface area (Å²) in [6.45, 7) is 1.88. The van der Waals surface area contributed by atoms with Crippen molar-refractivity contribution in [2.75, 3.05) is 26.7 Å². The number of rotatable bonds is 3. The van der Waals surface area contributed by atoms with Crippen LogP contribution in [0.15, 0.2) is 54.6 Å². The summed E-state index contributed by atoms with van der Waals surface area (Å²) in [7, 11) is 1.76. The van der Waals surface area contributed by atoms with Gasteiger partial charge in [-0.25, -0.2) is 0 Å². The van der Waals surface area contributed by atoms with Gasteiger partial charge >= 0.3 is 0 Å². The van der Waals surface area contributed by atoms with Crippen LogP contribution >= 0.6 is 0 Å². The van der Waals surface area contributed by atoms with E-state index in [0.717, 1.165) is 5.56 Å². The number of hydrogen-bond donors (Lipinski definition) is 1. The number of nitrogens with two attached hydrogens (primary N) is 1. The van der Waals surface area contributed by atoms with Crippen LogP contribution in [0.3, 0.4) is 0 Å². The topological polar surface area (TPSA) is 85.1 Å². The van der Waals surface area contributed by atoms with Crippen LogP contribution in [0.1, 0.15) is 35.2 Å². The van der Waals surface area contributed by atoms with E-state index in [9.17, 15) is 9.59 Å². The average molecular weight is 438 g/mol. The molecule has 4 rings (SSSR count). The second-order valence-electron chi connectivity index (χ2n) is 8.61. The van der Waals surface area contributed by atoms with Crippen molar-refractivity contribution in [1.82, 2.24) is 9.80 Å². The normalized spacial score (nSPS) is 24.6. The lowest BCUT2D eigenvalue weighted by Crippen LogP contribution is -2.48. The van der Waals surface area contributed by atoms with Gasteiger partial charge in [-0.1, -0.05) is 36.4 Å². The second-order valence-corrected chi connectivity index (χ2v) is 8.61. The smallest absolute Gasteiger partial charge is 0.253 e. The fourth-order valence-corrected chi connectivity index (χ4v) is 4.33. The van der Waals surface area contributed by atoms with Crippen LogP contribution in [0.25, 0.3) is 0 Å². The Bertz CT molecular complexity index is 936. The fourth-order valence-electron chi connectivity index (χ4n) is 4.33. The zero-order chi connectivity index (χ0) is 22.5. The maximum atomic E-state index is 13.1. The molecule has 2 aromatic rings. The van der Waals surface area contributed by atoms with Gasteiger partial charge in [-0.05, 0) is 43.0 Å². The first-order chi connectivity index (χ1) is 15.5. The highest BCUT2D eigenvalue weighted by atomic mass is 16.5.